The molecule has 136 valence electrons. The first-order chi connectivity index (χ1) is 12.4. The van der Waals surface area contributed by atoms with Crippen LogP contribution in [0.1, 0.15) is 12.5 Å². The number of amides is 1. The standard InChI is InChI=1S/C19H17BrFNO4/c1-12(19(24)22-16-9-8-14(20)11-15(16)21)26-18(23)10-7-13-5-3-4-6-17(13)25-2/h3-12H,1-2H3,(H,22,24)/b10-7+. The summed E-state index contributed by atoms with van der Waals surface area (Å²) in [6.07, 6.45) is 1.63. The number of nitrogens with one attached hydrogen (secondary N) is 1. The second-order valence-corrected chi connectivity index (χ2v) is 6.18. The Hall–Kier alpha value is -2.67. The first-order valence-corrected chi connectivity index (χ1v) is 8.47. The molecule has 0 aromatic heterocycles. The number of para-hydroxylation sites is 1. The highest BCUT2D eigenvalue weighted by Crippen LogP contribution is 2.20. The van der Waals surface area contributed by atoms with Crippen molar-refractivity contribution in [2.75, 3.05) is 12.4 Å². The van der Waals surface area contributed by atoms with Crippen molar-refractivity contribution < 1.29 is 23.5 Å². The predicted octanol–water partition coefficient (Wildman–Crippen LogP) is 4.18. The van der Waals surface area contributed by atoms with E-state index in [1.165, 1.54) is 38.3 Å². The van der Waals surface area contributed by atoms with E-state index in [9.17, 15) is 14.0 Å². The normalized spacial score (nSPS) is 11.8. The Morgan fingerprint density at radius 1 is 1.23 bits per heavy atom. The lowest BCUT2D eigenvalue weighted by Crippen LogP contribution is -2.29. The van der Waals surface area contributed by atoms with Crippen LogP contribution < -0.4 is 10.1 Å². The minimum absolute atomic E-state index is 0.00524. The van der Waals surface area contributed by atoms with E-state index >= 15 is 0 Å². The number of benzene rings is 2. The predicted molar refractivity (Wildman–Crippen MR) is 100 cm³/mol. The third-order valence-electron chi connectivity index (χ3n) is 3.39. The van der Waals surface area contributed by atoms with Crippen molar-refractivity contribution in [2.24, 2.45) is 0 Å². The average molecular weight is 422 g/mol. The summed E-state index contributed by atoms with van der Waals surface area (Å²) in [6.45, 7) is 1.40. The zero-order valence-corrected chi connectivity index (χ0v) is 15.7. The maximum Gasteiger partial charge on any atom is 0.331 e. The summed E-state index contributed by atoms with van der Waals surface area (Å²) >= 11 is 3.13. The zero-order valence-electron chi connectivity index (χ0n) is 14.2. The van der Waals surface area contributed by atoms with Crippen LogP contribution in [0, 0.1) is 5.82 Å². The van der Waals surface area contributed by atoms with E-state index in [0.717, 1.165) is 0 Å². The van der Waals surface area contributed by atoms with Gasteiger partial charge in [0.1, 0.15) is 11.6 Å². The van der Waals surface area contributed by atoms with Crippen molar-refractivity contribution in [3.05, 3.63) is 64.4 Å². The van der Waals surface area contributed by atoms with Gasteiger partial charge in [0.05, 0.1) is 12.8 Å². The van der Waals surface area contributed by atoms with E-state index in [2.05, 4.69) is 21.2 Å². The summed E-state index contributed by atoms with van der Waals surface area (Å²) in [7, 11) is 1.53. The number of anilines is 1. The molecule has 0 bridgehead atoms. The first kappa shape index (κ1) is 19.7. The number of carbonyl (C=O) groups is 2. The van der Waals surface area contributed by atoms with Gasteiger partial charge < -0.3 is 14.8 Å². The molecule has 5 nitrogen and oxygen atoms in total. The van der Waals surface area contributed by atoms with Crippen LogP contribution in [0.4, 0.5) is 10.1 Å². The van der Waals surface area contributed by atoms with Gasteiger partial charge in [-0.25, -0.2) is 9.18 Å². The SMILES string of the molecule is COc1ccccc1/C=C/C(=O)OC(C)C(=O)Nc1ccc(Br)cc1F. The fraction of sp³-hybridized carbons (Fsp3) is 0.158. The maximum absolute atomic E-state index is 13.7. The molecule has 0 aliphatic carbocycles. The highest BCUT2D eigenvalue weighted by Gasteiger charge is 2.18. The topological polar surface area (TPSA) is 64.6 Å². The highest BCUT2D eigenvalue weighted by molar-refractivity contribution is 9.10. The summed E-state index contributed by atoms with van der Waals surface area (Å²) in [5.74, 6) is -1.32. The van der Waals surface area contributed by atoms with Crippen LogP contribution in [0.25, 0.3) is 6.08 Å². The average Bonchev–Trinajstić information content (AvgIpc) is 2.62. The number of hydrogen-bond donors (Lipinski definition) is 1. The molecule has 0 radical (unpaired) electrons. The molecule has 0 saturated heterocycles. The van der Waals surface area contributed by atoms with Crippen LogP contribution in [0.2, 0.25) is 0 Å². The van der Waals surface area contributed by atoms with Crippen LogP contribution >= 0.6 is 15.9 Å². The molecular formula is C19H17BrFNO4. The molecule has 0 saturated carbocycles. The summed E-state index contributed by atoms with van der Waals surface area (Å²) in [4.78, 5) is 23.9. The molecule has 2 aromatic carbocycles. The summed E-state index contributed by atoms with van der Waals surface area (Å²) < 4.78 is 24.5. The van der Waals surface area contributed by atoms with E-state index < -0.39 is 23.8 Å². The Balaban J connectivity index is 1.95. The highest BCUT2D eigenvalue weighted by atomic mass is 79.9. The Morgan fingerprint density at radius 3 is 2.65 bits per heavy atom. The van der Waals surface area contributed by atoms with Crippen LogP contribution in [0.15, 0.2) is 53.0 Å². The fourth-order valence-corrected chi connectivity index (χ4v) is 2.39. The monoisotopic (exact) mass is 421 g/mol. The quantitative estimate of drug-likeness (QED) is 0.561. The van der Waals surface area contributed by atoms with Gasteiger partial charge in [0.25, 0.3) is 5.91 Å². The van der Waals surface area contributed by atoms with Crippen molar-refractivity contribution >= 4 is 39.6 Å². The molecular weight excluding hydrogens is 405 g/mol. The minimum Gasteiger partial charge on any atom is -0.496 e. The number of halogens is 2. The molecule has 7 heteroatoms. The lowest BCUT2D eigenvalue weighted by molar-refractivity contribution is -0.148. The van der Waals surface area contributed by atoms with E-state index in [0.29, 0.717) is 15.8 Å². The molecule has 0 aliphatic rings. The Labute approximate surface area is 158 Å². The Morgan fingerprint density at radius 2 is 1.96 bits per heavy atom. The van der Waals surface area contributed by atoms with Crippen LogP contribution in [0.5, 0.6) is 5.75 Å². The lowest BCUT2D eigenvalue weighted by Gasteiger charge is -2.13. The molecule has 1 amide bonds. The van der Waals surface area contributed by atoms with Crippen molar-refractivity contribution in [1.82, 2.24) is 0 Å². The van der Waals surface area contributed by atoms with Gasteiger partial charge in [-0.15, -0.1) is 0 Å². The van der Waals surface area contributed by atoms with Crippen LogP contribution in [0.3, 0.4) is 0 Å². The number of hydrogen-bond acceptors (Lipinski definition) is 4. The van der Waals surface area contributed by atoms with Crippen LogP contribution in [-0.2, 0) is 14.3 Å². The molecule has 0 fully saturated rings. The van der Waals surface area contributed by atoms with Crippen molar-refractivity contribution in [3.8, 4) is 5.75 Å². The van der Waals surface area contributed by atoms with Gasteiger partial charge in [0, 0.05) is 16.1 Å². The van der Waals surface area contributed by atoms with Gasteiger partial charge in [-0.3, -0.25) is 4.79 Å². The van der Waals surface area contributed by atoms with Gasteiger partial charge in [-0.05, 0) is 37.3 Å². The Bertz CT molecular complexity index is 838. The Kier molecular flexibility index (Phi) is 6.91. The van der Waals surface area contributed by atoms with Crippen LogP contribution in [-0.4, -0.2) is 25.1 Å². The molecule has 2 rings (SSSR count). The van der Waals surface area contributed by atoms with Crippen molar-refractivity contribution in [2.45, 2.75) is 13.0 Å². The van der Waals surface area contributed by atoms with Gasteiger partial charge >= 0.3 is 5.97 Å². The second-order valence-electron chi connectivity index (χ2n) is 5.27. The molecule has 1 atom stereocenters. The maximum atomic E-state index is 13.7. The molecule has 0 aliphatic heterocycles. The smallest absolute Gasteiger partial charge is 0.331 e. The molecule has 1 unspecified atom stereocenters. The number of rotatable bonds is 6. The van der Waals surface area contributed by atoms with E-state index in [1.807, 2.05) is 6.07 Å². The molecule has 0 heterocycles. The molecule has 0 spiro atoms. The minimum atomic E-state index is -1.09. The number of carbonyl (C=O) groups excluding carboxylic acids is 2. The number of methoxy groups -OCH3 is 1. The van der Waals surface area contributed by atoms with Gasteiger partial charge in [-0.1, -0.05) is 34.1 Å². The molecule has 1 N–H and O–H groups in total. The molecule has 26 heavy (non-hydrogen) atoms. The van der Waals surface area contributed by atoms with E-state index in [4.69, 9.17) is 9.47 Å². The zero-order chi connectivity index (χ0) is 19.1. The fourth-order valence-electron chi connectivity index (χ4n) is 2.05. The second kappa shape index (κ2) is 9.15. The van der Waals surface area contributed by atoms with Crippen molar-refractivity contribution in [3.63, 3.8) is 0 Å². The number of esters is 1. The summed E-state index contributed by atoms with van der Waals surface area (Å²) in [5, 5.41) is 2.38. The first-order valence-electron chi connectivity index (χ1n) is 7.68. The van der Waals surface area contributed by atoms with E-state index in [-0.39, 0.29) is 5.69 Å². The lowest BCUT2D eigenvalue weighted by atomic mass is 10.2. The third kappa shape index (κ3) is 5.42. The summed E-state index contributed by atoms with van der Waals surface area (Å²) in [5.41, 5.74) is 0.701. The van der Waals surface area contributed by atoms with Gasteiger partial charge in [0.2, 0.25) is 0 Å². The third-order valence-corrected chi connectivity index (χ3v) is 3.88. The summed E-state index contributed by atoms with van der Waals surface area (Å²) in [6, 6.07) is 11.4. The van der Waals surface area contributed by atoms with Gasteiger partial charge in [0.15, 0.2) is 6.10 Å². The van der Waals surface area contributed by atoms with Gasteiger partial charge in [-0.2, -0.15) is 0 Å². The van der Waals surface area contributed by atoms with E-state index in [1.54, 1.807) is 24.3 Å². The van der Waals surface area contributed by atoms with Crippen molar-refractivity contribution in [1.29, 1.82) is 0 Å². The number of ether oxygens (including phenoxy) is 2. The molecule has 2 aromatic rings. The largest absolute Gasteiger partial charge is 0.496 e.